The third kappa shape index (κ3) is 3.33. The molecule has 0 saturated heterocycles. The predicted molar refractivity (Wildman–Crippen MR) is 78.1 cm³/mol. The van der Waals surface area contributed by atoms with E-state index < -0.39 is 10.0 Å². The van der Waals surface area contributed by atoms with Crippen LogP contribution in [0.25, 0.3) is 0 Å². The highest BCUT2D eigenvalue weighted by atomic mass is 32.2. The Kier molecular flexibility index (Phi) is 3.64. The molecule has 1 aromatic carbocycles. The van der Waals surface area contributed by atoms with E-state index in [1.165, 1.54) is 11.3 Å². The van der Waals surface area contributed by atoms with Crippen molar-refractivity contribution < 1.29 is 8.42 Å². The van der Waals surface area contributed by atoms with Gasteiger partial charge >= 0.3 is 0 Å². The normalized spacial score (nSPS) is 12.4. The Morgan fingerprint density at radius 2 is 1.79 bits per heavy atom. The van der Waals surface area contributed by atoms with Gasteiger partial charge in [0.2, 0.25) is 0 Å². The second kappa shape index (κ2) is 4.94. The number of hydrogen-bond acceptors (Lipinski definition) is 4. The molecule has 0 amide bonds. The molecule has 1 N–H and O–H groups in total. The van der Waals surface area contributed by atoms with Gasteiger partial charge in [0.1, 0.15) is 0 Å². The first kappa shape index (κ1) is 14.0. The van der Waals surface area contributed by atoms with E-state index in [-0.39, 0.29) is 10.3 Å². The van der Waals surface area contributed by atoms with Crippen molar-refractivity contribution in [3.05, 3.63) is 41.4 Å². The van der Waals surface area contributed by atoms with Gasteiger partial charge in [0.15, 0.2) is 5.13 Å². The van der Waals surface area contributed by atoms with Crippen molar-refractivity contribution in [3.63, 3.8) is 0 Å². The molecule has 0 unspecified atom stereocenters. The Hall–Kier alpha value is -1.40. The molecule has 0 aliphatic carbocycles. The summed E-state index contributed by atoms with van der Waals surface area (Å²) in [4.78, 5) is 5.40. The molecule has 0 spiro atoms. The molecule has 0 bridgehead atoms. The summed E-state index contributed by atoms with van der Waals surface area (Å²) in [6.07, 6.45) is 1.72. The molecule has 2 rings (SSSR count). The third-order valence-corrected chi connectivity index (χ3v) is 5.34. The highest BCUT2D eigenvalue weighted by Gasteiger charge is 2.20. The average molecular weight is 296 g/mol. The molecule has 0 saturated carbocycles. The fourth-order valence-electron chi connectivity index (χ4n) is 1.44. The summed E-state index contributed by atoms with van der Waals surface area (Å²) in [6, 6.07) is 8.27. The molecule has 1 heterocycles. The quantitative estimate of drug-likeness (QED) is 0.946. The highest BCUT2D eigenvalue weighted by Crippen LogP contribution is 2.31. The van der Waals surface area contributed by atoms with Gasteiger partial charge in [-0.25, -0.2) is 13.4 Å². The summed E-state index contributed by atoms with van der Waals surface area (Å²) in [5.74, 6) is 0. The van der Waals surface area contributed by atoms with Gasteiger partial charge in [0, 0.05) is 11.1 Å². The molecular formula is C13H16N2O2S2. The van der Waals surface area contributed by atoms with Crippen LogP contribution >= 0.6 is 11.3 Å². The smallest absolute Gasteiger partial charge is 0.255 e. The largest absolute Gasteiger partial charge is 0.263 e. The van der Waals surface area contributed by atoms with Crippen LogP contribution in [0.4, 0.5) is 5.13 Å². The van der Waals surface area contributed by atoms with Crippen LogP contribution in [0.5, 0.6) is 0 Å². The average Bonchev–Trinajstić information content (AvgIpc) is 2.78. The molecule has 102 valence electrons. The maximum atomic E-state index is 12.1. The van der Waals surface area contributed by atoms with Crippen molar-refractivity contribution >= 4 is 26.5 Å². The number of nitrogens with zero attached hydrogens (tertiary/aromatic N) is 1. The molecule has 0 aliphatic rings. The van der Waals surface area contributed by atoms with E-state index in [0.29, 0.717) is 5.13 Å². The summed E-state index contributed by atoms with van der Waals surface area (Å²) in [6.45, 7) is 6.20. The first-order valence-corrected chi connectivity index (χ1v) is 8.13. The van der Waals surface area contributed by atoms with Gasteiger partial charge in [-0.1, -0.05) is 39.0 Å². The lowest BCUT2D eigenvalue weighted by Gasteiger charge is -2.14. The van der Waals surface area contributed by atoms with Crippen LogP contribution in [0.1, 0.15) is 25.6 Å². The Balaban J connectivity index is 2.25. The Labute approximate surface area is 117 Å². The standard InChI is InChI=1S/C13H16N2O2S2/c1-13(2,3)11-9-14-12(18-11)15-19(16,17)10-7-5-4-6-8-10/h4-9H,1-3H3,(H,14,15). The van der Waals surface area contributed by atoms with Gasteiger partial charge in [0.25, 0.3) is 10.0 Å². The summed E-state index contributed by atoms with van der Waals surface area (Å²) < 4.78 is 26.7. The van der Waals surface area contributed by atoms with Crippen molar-refractivity contribution in [1.29, 1.82) is 0 Å². The van der Waals surface area contributed by atoms with Gasteiger partial charge in [-0.2, -0.15) is 0 Å². The van der Waals surface area contributed by atoms with Gasteiger partial charge in [-0.15, -0.1) is 11.3 Å². The molecule has 4 nitrogen and oxygen atoms in total. The second-order valence-electron chi connectivity index (χ2n) is 5.20. The zero-order valence-electron chi connectivity index (χ0n) is 11.0. The Morgan fingerprint density at radius 3 is 2.32 bits per heavy atom. The van der Waals surface area contributed by atoms with Crippen LogP contribution < -0.4 is 4.72 Å². The molecule has 0 radical (unpaired) electrons. The summed E-state index contributed by atoms with van der Waals surface area (Å²) >= 11 is 1.36. The molecule has 2 aromatic rings. The summed E-state index contributed by atoms with van der Waals surface area (Å²) in [5, 5.41) is 0.397. The van der Waals surface area contributed by atoms with Crippen LogP contribution in [0.15, 0.2) is 41.4 Å². The molecule has 0 aliphatic heterocycles. The van der Waals surface area contributed by atoms with Crippen LogP contribution in [0.3, 0.4) is 0 Å². The molecule has 0 atom stereocenters. The number of anilines is 1. The van der Waals surface area contributed by atoms with Crippen molar-refractivity contribution in [2.75, 3.05) is 4.72 Å². The zero-order valence-corrected chi connectivity index (χ0v) is 12.7. The lowest BCUT2D eigenvalue weighted by Crippen LogP contribution is -2.12. The first-order chi connectivity index (χ1) is 8.79. The SMILES string of the molecule is CC(C)(C)c1cnc(NS(=O)(=O)c2ccccc2)s1. The molecule has 1 aromatic heterocycles. The van der Waals surface area contributed by atoms with E-state index in [1.807, 2.05) is 0 Å². The maximum absolute atomic E-state index is 12.1. The summed E-state index contributed by atoms with van der Waals surface area (Å²) in [7, 11) is -3.55. The van der Waals surface area contributed by atoms with Crippen LogP contribution in [-0.4, -0.2) is 13.4 Å². The van der Waals surface area contributed by atoms with E-state index in [1.54, 1.807) is 36.5 Å². The van der Waals surface area contributed by atoms with Gasteiger partial charge in [0.05, 0.1) is 4.90 Å². The van der Waals surface area contributed by atoms with E-state index in [9.17, 15) is 8.42 Å². The third-order valence-electron chi connectivity index (χ3n) is 2.52. The summed E-state index contributed by atoms with van der Waals surface area (Å²) in [5.41, 5.74) is -0.0336. The van der Waals surface area contributed by atoms with Crippen molar-refractivity contribution in [1.82, 2.24) is 4.98 Å². The van der Waals surface area contributed by atoms with E-state index >= 15 is 0 Å². The van der Waals surface area contributed by atoms with E-state index in [2.05, 4.69) is 30.5 Å². The highest BCUT2D eigenvalue weighted by molar-refractivity contribution is 7.93. The number of hydrogen-bond donors (Lipinski definition) is 1. The Bertz CT molecular complexity index is 655. The van der Waals surface area contributed by atoms with E-state index in [4.69, 9.17) is 0 Å². The van der Waals surface area contributed by atoms with Crippen LogP contribution in [0, 0.1) is 0 Å². The van der Waals surface area contributed by atoms with Gasteiger partial charge in [-0.3, -0.25) is 4.72 Å². The number of nitrogens with one attached hydrogen (secondary N) is 1. The van der Waals surface area contributed by atoms with Crippen molar-refractivity contribution in [2.45, 2.75) is 31.1 Å². The van der Waals surface area contributed by atoms with Crippen molar-refractivity contribution in [2.24, 2.45) is 0 Å². The topological polar surface area (TPSA) is 59.1 Å². The second-order valence-corrected chi connectivity index (χ2v) is 7.91. The Morgan fingerprint density at radius 1 is 1.16 bits per heavy atom. The molecule has 6 heteroatoms. The monoisotopic (exact) mass is 296 g/mol. The maximum Gasteiger partial charge on any atom is 0.263 e. The molecule has 19 heavy (non-hydrogen) atoms. The number of rotatable bonds is 3. The van der Waals surface area contributed by atoms with Crippen LogP contribution in [-0.2, 0) is 15.4 Å². The number of aromatic nitrogens is 1. The van der Waals surface area contributed by atoms with Gasteiger partial charge < -0.3 is 0 Å². The fourth-order valence-corrected chi connectivity index (χ4v) is 3.58. The number of thiazole rings is 1. The van der Waals surface area contributed by atoms with E-state index in [0.717, 1.165) is 4.88 Å². The minimum Gasteiger partial charge on any atom is -0.255 e. The zero-order chi connectivity index (χ0) is 14.1. The predicted octanol–water partition coefficient (Wildman–Crippen LogP) is 3.24. The van der Waals surface area contributed by atoms with Gasteiger partial charge in [-0.05, 0) is 17.5 Å². The number of sulfonamides is 1. The minimum atomic E-state index is -3.55. The minimum absolute atomic E-state index is 0.0336. The lowest BCUT2D eigenvalue weighted by atomic mass is 9.96. The lowest BCUT2D eigenvalue weighted by molar-refractivity contribution is 0.601. The number of benzene rings is 1. The fraction of sp³-hybridized carbons (Fsp3) is 0.308. The molecule has 0 fully saturated rings. The molecular weight excluding hydrogens is 280 g/mol. The van der Waals surface area contributed by atoms with Crippen molar-refractivity contribution in [3.8, 4) is 0 Å². The first-order valence-electron chi connectivity index (χ1n) is 5.83. The van der Waals surface area contributed by atoms with Crippen LogP contribution in [0.2, 0.25) is 0 Å².